The molecule has 0 amide bonds. The predicted octanol–water partition coefficient (Wildman–Crippen LogP) is 2.85. The highest BCUT2D eigenvalue weighted by atomic mass is 16.7. The van der Waals surface area contributed by atoms with Crippen molar-refractivity contribution in [2.45, 2.75) is 13.0 Å². The van der Waals surface area contributed by atoms with Crippen molar-refractivity contribution in [3.8, 4) is 34.3 Å². The molecule has 0 atom stereocenters. The molecule has 0 unspecified atom stereocenters. The number of fused-ring (bicyclic) bond motifs is 6. The Morgan fingerprint density at radius 1 is 0.720 bits per heavy atom. The second kappa shape index (κ2) is 4.79. The average Bonchev–Trinajstić information content (AvgIpc) is 3.10. The highest BCUT2D eigenvalue weighted by Crippen LogP contribution is 2.41. The summed E-state index contributed by atoms with van der Waals surface area (Å²) in [6.45, 7) is 2.47. The van der Waals surface area contributed by atoms with Crippen LogP contribution in [0.5, 0.6) is 23.0 Å². The normalized spacial score (nSPS) is 16.5. The fourth-order valence-electron chi connectivity index (χ4n) is 3.91. The maximum absolute atomic E-state index is 5.74. The van der Waals surface area contributed by atoms with Gasteiger partial charge in [-0.1, -0.05) is 0 Å². The lowest BCUT2D eigenvalue weighted by Gasteiger charge is -2.20. The van der Waals surface area contributed by atoms with Gasteiger partial charge < -0.3 is 18.9 Å². The second-order valence-electron chi connectivity index (χ2n) is 6.59. The van der Waals surface area contributed by atoms with E-state index in [2.05, 4.69) is 41.1 Å². The van der Waals surface area contributed by atoms with Gasteiger partial charge in [0.2, 0.25) is 12.5 Å². The van der Waals surface area contributed by atoms with Crippen LogP contribution >= 0.6 is 0 Å². The Bertz CT molecular complexity index is 1040. The largest absolute Gasteiger partial charge is 0.486 e. The van der Waals surface area contributed by atoms with Crippen LogP contribution in [-0.2, 0) is 13.0 Å². The number of hydrogen-bond acceptors (Lipinski definition) is 4. The van der Waals surface area contributed by atoms with E-state index in [1.54, 1.807) is 0 Å². The van der Waals surface area contributed by atoms with Crippen LogP contribution in [0, 0.1) is 0 Å². The Morgan fingerprint density at radius 2 is 1.44 bits per heavy atom. The van der Waals surface area contributed by atoms with E-state index in [9.17, 15) is 0 Å². The highest BCUT2D eigenvalue weighted by molar-refractivity contribution is 5.88. The summed E-state index contributed by atoms with van der Waals surface area (Å²) in [5.74, 6) is 3.34. The number of hydrogen-bond donors (Lipinski definition) is 0. The molecule has 124 valence electrons. The summed E-state index contributed by atoms with van der Waals surface area (Å²) in [6, 6.07) is 10.6. The molecule has 5 heteroatoms. The summed E-state index contributed by atoms with van der Waals surface area (Å²) in [5, 5.41) is 2.32. The van der Waals surface area contributed by atoms with Crippen molar-refractivity contribution in [2.75, 3.05) is 20.0 Å². The molecule has 0 radical (unpaired) electrons. The molecule has 5 nitrogen and oxygen atoms in total. The molecule has 0 saturated carbocycles. The third-order valence-corrected chi connectivity index (χ3v) is 5.14. The second-order valence-corrected chi connectivity index (χ2v) is 6.59. The summed E-state index contributed by atoms with van der Waals surface area (Å²) < 4.78 is 24.9. The molecule has 25 heavy (non-hydrogen) atoms. The van der Waals surface area contributed by atoms with Crippen LogP contribution in [0.15, 0.2) is 36.5 Å². The van der Waals surface area contributed by atoms with Crippen LogP contribution in [0.2, 0.25) is 0 Å². The number of rotatable bonds is 0. The molecule has 3 aliphatic heterocycles. The van der Waals surface area contributed by atoms with Crippen LogP contribution in [0.25, 0.3) is 22.0 Å². The number of aromatic nitrogens is 1. The molecule has 0 aliphatic carbocycles. The van der Waals surface area contributed by atoms with Crippen LogP contribution in [-0.4, -0.2) is 20.0 Å². The van der Waals surface area contributed by atoms with Gasteiger partial charge in [-0.15, -0.1) is 0 Å². The average molecular weight is 334 g/mol. The minimum Gasteiger partial charge on any atom is -0.486 e. The Morgan fingerprint density at radius 3 is 2.28 bits per heavy atom. The van der Waals surface area contributed by atoms with E-state index in [4.69, 9.17) is 18.9 Å². The van der Waals surface area contributed by atoms with Gasteiger partial charge in [-0.25, -0.2) is 0 Å². The fourth-order valence-corrected chi connectivity index (χ4v) is 3.91. The predicted molar refractivity (Wildman–Crippen MR) is 90.4 cm³/mol. The monoisotopic (exact) mass is 334 g/mol. The van der Waals surface area contributed by atoms with Gasteiger partial charge in [-0.05, 0) is 35.2 Å². The van der Waals surface area contributed by atoms with Gasteiger partial charge >= 0.3 is 0 Å². The van der Waals surface area contributed by atoms with E-state index in [0.29, 0.717) is 20.0 Å². The van der Waals surface area contributed by atoms with Crippen molar-refractivity contribution in [1.82, 2.24) is 0 Å². The van der Waals surface area contributed by atoms with Crippen LogP contribution in [0.3, 0.4) is 0 Å². The van der Waals surface area contributed by atoms with Crippen molar-refractivity contribution in [2.24, 2.45) is 0 Å². The Hall–Kier alpha value is -2.95. The van der Waals surface area contributed by atoms with E-state index in [1.807, 2.05) is 0 Å². The molecular formula is C20H16NO4+. The van der Waals surface area contributed by atoms with Crippen LogP contribution < -0.4 is 23.5 Å². The maximum Gasteiger partial charge on any atom is 0.231 e. The lowest BCUT2D eigenvalue weighted by atomic mass is 9.95. The summed E-state index contributed by atoms with van der Waals surface area (Å²) in [6.07, 6.45) is 3.19. The van der Waals surface area contributed by atoms with E-state index in [0.717, 1.165) is 46.7 Å². The van der Waals surface area contributed by atoms with E-state index in [1.165, 1.54) is 16.8 Å². The highest BCUT2D eigenvalue weighted by Gasteiger charge is 2.28. The van der Waals surface area contributed by atoms with E-state index >= 15 is 0 Å². The topological polar surface area (TPSA) is 40.8 Å². The first-order valence-corrected chi connectivity index (χ1v) is 8.55. The van der Waals surface area contributed by atoms with Crippen LogP contribution in [0.4, 0.5) is 0 Å². The summed E-state index contributed by atoms with van der Waals surface area (Å²) in [5.41, 5.74) is 3.72. The molecule has 2 aromatic carbocycles. The molecule has 6 rings (SSSR count). The number of pyridine rings is 1. The van der Waals surface area contributed by atoms with Gasteiger partial charge in [-0.2, -0.15) is 4.57 Å². The van der Waals surface area contributed by atoms with Gasteiger partial charge in [-0.3, -0.25) is 0 Å². The standard InChI is InChI=1S/C20H16NO4/c1-2-21-10-14-8-18-17(22-3-4-23-18)7-13(14)5-16(21)15-9-20-19(6-12(1)15)24-11-25-20/h5-10H,1-4,11H2/q+1. The van der Waals surface area contributed by atoms with E-state index in [-0.39, 0.29) is 0 Å². The quantitative estimate of drug-likeness (QED) is 0.593. The van der Waals surface area contributed by atoms with Gasteiger partial charge in [0.1, 0.15) is 13.2 Å². The summed E-state index contributed by atoms with van der Waals surface area (Å²) >= 11 is 0. The zero-order chi connectivity index (χ0) is 16.4. The molecule has 4 heterocycles. The lowest BCUT2D eigenvalue weighted by molar-refractivity contribution is -0.686. The molecule has 1 aromatic heterocycles. The Labute approximate surface area is 144 Å². The van der Waals surface area contributed by atoms with Gasteiger partial charge in [0, 0.05) is 17.9 Å². The minimum absolute atomic E-state index is 0.305. The fraction of sp³-hybridized carbons (Fsp3) is 0.250. The van der Waals surface area contributed by atoms with E-state index < -0.39 is 0 Å². The molecule has 0 N–H and O–H groups in total. The number of benzene rings is 2. The molecule has 0 spiro atoms. The molecule has 3 aliphatic rings. The first-order chi connectivity index (χ1) is 12.3. The van der Waals surface area contributed by atoms with Crippen molar-refractivity contribution >= 4 is 10.8 Å². The number of ether oxygens (including phenoxy) is 4. The lowest BCUT2D eigenvalue weighted by Crippen LogP contribution is -2.40. The van der Waals surface area contributed by atoms with Crippen molar-refractivity contribution in [1.29, 1.82) is 0 Å². The number of nitrogens with zero attached hydrogens (tertiary/aromatic N) is 1. The molecule has 0 fully saturated rings. The minimum atomic E-state index is 0.305. The SMILES string of the molecule is c1c2c(cc3c1OCO3)-c1cc3cc4c(cc3c[n+]1CC2)OCCO4. The zero-order valence-corrected chi connectivity index (χ0v) is 13.6. The Balaban J connectivity index is 1.58. The first-order valence-electron chi connectivity index (χ1n) is 8.55. The van der Waals surface area contributed by atoms with Crippen molar-refractivity contribution < 1.29 is 23.5 Å². The summed E-state index contributed by atoms with van der Waals surface area (Å²) in [7, 11) is 0. The van der Waals surface area contributed by atoms with Crippen LogP contribution in [0.1, 0.15) is 5.56 Å². The van der Waals surface area contributed by atoms with Gasteiger partial charge in [0.25, 0.3) is 0 Å². The van der Waals surface area contributed by atoms with Crippen molar-refractivity contribution in [3.63, 3.8) is 0 Å². The summed E-state index contributed by atoms with van der Waals surface area (Å²) in [4.78, 5) is 0. The number of aryl methyl sites for hydroxylation is 2. The maximum atomic E-state index is 5.74. The van der Waals surface area contributed by atoms with Gasteiger partial charge in [0.05, 0.1) is 5.56 Å². The molecule has 0 saturated heterocycles. The molecule has 0 bridgehead atoms. The van der Waals surface area contributed by atoms with Crippen molar-refractivity contribution in [3.05, 3.63) is 42.1 Å². The zero-order valence-electron chi connectivity index (χ0n) is 13.6. The molecule has 3 aromatic rings. The van der Waals surface area contributed by atoms with Gasteiger partial charge in [0.15, 0.2) is 35.7 Å². The third kappa shape index (κ3) is 1.92. The third-order valence-electron chi connectivity index (χ3n) is 5.14. The Kier molecular flexibility index (Phi) is 2.56. The smallest absolute Gasteiger partial charge is 0.231 e. The molecular weight excluding hydrogens is 318 g/mol. The first kappa shape index (κ1) is 13.4.